The molecule has 3 aromatic rings. The molecule has 0 saturated heterocycles. The molecule has 7 nitrogen and oxygen atoms in total. The number of nitrogens with one attached hydrogen (secondary N) is 1. The Morgan fingerprint density at radius 2 is 2.07 bits per heavy atom. The molecule has 3 heterocycles. The Morgan fingerprint density at radius 1 is 1.29 bits per heavy atom. The molecule has 0 spiro atoms. The summed E-state index contributed by atoms with van der Waals surface area (Å²) in [6, 6.07) is 3.86. The van der Waals surface area contributed by atoms with Gasteiger partial charge in [-0.25, -0.2) is 9.50 Å². The zero-order chi connectivity index (χ0) is 20.3. The van der Waals surface area contributed by atoms with E-state index in [1.165, 1.54) is 6.33 Å². The second-order valence-electron chi connectivity index (χ2n) is 8.40. The lowest BCUT2D eigenvalue weighted by molar-refractivity contribution is -0.122. The van der Waals surface area contributed by atoms with Crippen molar-refractivity contribution >= 4 is 11.7 Å². The molecule has 0 aliphatic carbocycles. The van der Waals surface area contributed by atoms with Gasteiger partial charge in [-0.05, 0) is 49.3 Å². The number of aromatic nitrogens is 5. The minimum absolute atomic E-state index is 0.0237. The highest BCUT2D eigenvalue weighted by atomic mass is 16.1. The van der Waals surface area contributed by atoms with E-state index in [0.29, 0.717) is 18.6 Å². The maximum absolute atomic E-state index is 12.7. The van der Waals surface area contributed by atoms with Gasteiger partial charge in [-0.1, -0.05) is 26.8 Å². The molecule has 0 aliphatic rings. The third-order valence-electron chi connectivity index (χ3n) is 4.83. The van der Waals surface area contributed by atoms with Gasteiger partial charge in [0.25, 0.3) is 5.78 Å². The van der Waals surface area contributed by atoms with Crippen LogP contribution in [0.4, 0.5) is 0 Å². The summed E-state index contributed by atoms with van der Waals surface area (Å²) in [5.41, 5.74) is 4.03. The van der Waals surface area contributed by atoms with E-state index in [4.69, 9.17) is 0 Å². The average molecular weight is 380 g/mol. The van der Waals surface area contributed by atoms with E-state index >= 15 is 0 Å². The van der Waals surface area contributed by atoms with Gasteiger partial charge in [-0.15, -0.1) is 0 Å². The van der Waals surface area contributed by atoms with Gasteiger partial charge in [0.05, 0.1) is 6.04 Å². The van der Waals surface area contributed by atoms with E-state index in [9.17, 15) is 4.79 Å². The van der Waals surface area contributed by atoms with Gasteiger partial charge in [0, 0.05) is 30.2 Å². The average Bonchev–Trinajstić information content (AvgIpc) is 3.09. The summed E-state index contributed by atoms with van der Waals surface area (Å²) in [6.45, 7) is 10.5. The number of amides is 1. The van der Waals surface area contributed by atoms with Crippen molar-refractivity contribution in [2.45, 2.75) is 59.9 Å². The van der Waals surface area contributed by atoms with Crippen molar-refractivity contribution in [2.75, 3.05) is 0 Å². The summed E-state index contributed by atoms with van der Waals surface area (Å²) < 4.78 is 1.72. The van der Waals surface area contributed by atoms with E-state index in [1.807, 2.05) is 32.2 Å². The summed E-state index contributed by atoms with van der Waals surface area (Å²) >= 11 is 0. The van der Waals surface area contributed by atoms with E-state index in [2.05, 4.69) is 46.1 Å². The highest BCUT2D eigenvalue weighted by Gasteiger charge is 2.22. The van der Waals surface area contributed by atoms with Gasteiger partial charge < -0.3 is 5.32 Å². The molecular weight excluding hydrogens is 352 g/mol. The van der Waals surface area contributed by atoms with Crippen LogP contribution in [0.2, 0.25) is 0 Å². The second kappa shape index (κ2) is 8.04. The number of fused-ring (bicyclic) bond motifs is 1. The van der Waals surface area contributed by atoms with Crippen molar-refractivity contribution in [3.8, 4) is 0 Å². The zero-order valence-electron chi connectivity index (χ0n) is 17.2. The molecule has 28 heavy (non-hydrogen) atoms. The molecule has 0 radical (unpaired) electrons. The number of pyridine rings is 1. The highest BCUT2D eigenvalue weighted by molar-refractivity contribution is 5.76. The minimum Gasteiger partial charge on any atom is -0.349 e. The van der Waals surface area contributed by atoms with E-state index in [-0.39, 0.29) is 17.4 Å². The first-order valence-electron chi connectivity index (χ1n) is 9.60. The Morgan fingerprint density at radius 3 is 2.75 bits per heavy atom. The molecule has 148 valence electrons. The van der Waals surface area contributed by atoms with Crippen LogP contribution in [0.3, 0.4) is 0 Å². The van der Waals surface area contributed by atoms with Gasteiger partial charge in [0.2, 0.25) is 5.91 Å². The predicted octanol–water partition coefficient (Wildman–Crippen LogP) is 3.36. The number of aryl methyl sites for hydroxylation is 2. The lowest BCUT2D eigenvalue weighted by atomic mass is 9.85. The first-order valence-corrected chi connectivity index (χ1v) is 9.60. The van der Waals surface area contributed by atoms with Crippen molar-refractivity contribution in [3.05, 3.63) is 53.4 Å². The number of nitrogens with zero attached hydrogens (tertiary/aromatic N) is 5. The number of carbonyl (C=O) groups excluding carboxylic acids is 1. The van der Waals surface area contributed by atoms with Gasteiger partial charge in [0.1, 0.15) is 6.33 Å². The molecule has 0 saturated carbocycles. The van der Waals surface area contributed by atoms with Crippen LogP contribution < -0.4 is 5.32 Å². The molecule has 1 N–H and O–H groups in total. The summed E-state index contributed by atoms with van der Waals surface area (Å²) in [5, 5.41) is 7.41. The number of hydrogen-bond donors (Lipinski definition) is 1. The Bertz CT molecular complexity index is 958. The molecule has 0 aromatic carbocycles. The largest absolute Gasteiger partial charge is 0.349 e. The van der Waals surface area contributed by atoms with Crippen LogP contribution in [0.5, 0.6) is 0 Å². The number of carbonyl (C=O) groups is 1. The van der Waals surface area contributed by atoms with Crippen molar-refractivity contribution in [3.63, 3.8) is 0 Å². The quantitative estimate of drug-likeness (QED) is 0.709. The summed E-state index contributed by atoms with van der Waals surface area (Å²) in [4.78, 5) is 25.6. The molecule has 1 unspecified atom stereocenters. The lowest BCUT2D eigenvalue weighted by Crippen LogP contribution is -2.31. The van der Waals surface area contributed by atoms with Gasteiger partial charge in [-0.2, -0.15) is 10.1 Å². The lowest BCUT2D eigenvalue weighted by Gasteiger charge is -2.27. The van der Waals surface area contributed by atoms with E-state index in [1.54, 1.807) is 10.7 Å². The fourth-order valence-corrected chi connectivity index (χ4v) is 3.47. The SMILES string of the molecule is Cc1nc2ncnn2c(C)c1CCC(=O)NC(CC(C)(C)C)c1cccnc1. The monoisotopic (exact) mass is 380 g/mol. The predicted molar refractivity (Wildman–Crippen MR) is 108 cm³/mol. The van der Waals surface area contributed by atoms with Gasteiger partial charge in [0.15, 0.2) is 0 Å². The van der Waals surface area contributed by atoms with E-state index in [0.717, 1.165) is 28.9 Å². The third kappa shape index (κ3) is 4.71. The normalized spacial score (nSPS) is 12.9. The fraction of sp³-hybridized carbons (Fsp3) is 0.476. The van der Waals surface area contributed by atoms with Crippen LogP contribution in [-0.4, -0.2) is 30.5 Å². The molecule has 1 amide bonds. The topological polar surface area (TPSA) is 85.1 Å². The molecule has 0 aliphatic heterocycles. The molecule has 7 heteroatoms. The van der Waals surface area contributed by atoms with Crippen LogP contribution >= 0.6 is 0 Å². The summed E-state index contributed by atoms with van der Waals surface area (Å²) in [6.07, 6.45) is 6.92. The molecule has 0 bridgehead atoms. The van der Waals surface area contributed by atoms with Gasteiger partial charge in [-0.3, -0.25) is 9.78 Å². The molecular formula is C21H28N6O. The fourth-order valence-electron chi connectivity index (χ4n) is 3.47. The molecule has 3 aromatic heterocycles. The smallest absolute Gasteiger partial charge is 0.252 e. The second-order valence-corrected chi connectivity index (χ2v) is 8.40. The molecule has 3 rings (SSSR count). The van der Waals surface area contributed by atoms with Crippen LogP contribution in [-0.2, 0) is 11.2 Å². The third-order valence-corrected chi connectivity index (χ3v) is 4.83. The number of hydrogen-bond acceptors (Lipinski definition) is 5. The van der Waals surface area contributed by atoms with Gasteiger partial charge >= 0.3 is 0 Å². The Hall–Kier alpha value is -2.83. The molecule has 0 fully saturated rings. The summed E-state index contributed by atoms with van der Waals surface area (Å²) in [5.74, 6) is 0.612. The van der Waals surface area contributed by atoms with Crippen LogP contribution in [0, 0.1) is 19.3 Å². The van der Waals surface area contributed by atoms with Crippen LogP contribution in [0.1, 0.15) is 62.2 Å². The van der Waals surface area contributed by atoms with Crippen molar-refractivity contribution in [1.29, 1.82) is 0 Å². The summed E-state index contributed by atoms with van der Waals surface area (Å²) in [7, 11) is 0. The highest BCUT2D eigenvalue weighted by Crippen LogP contribution is 2.29. The first kappa shape index (κ1) is 19.9. The maximum atomic E-state index is 12.7. The minimum atomic E-state index is -0.0562. The standard InChI is InChI=1S/C21H28N6O/c1-14-17(15(2)27-20(25-14)23-13-24-27)8-9-19(28)26-18(11-21(3,4)5)16-7-6-10-22-12-16/h6-7,10,12-13,18H,8-9,11H2,1-5H3,(H,26,28). The number of rotatable bonds is 6. The van der Waals surface area contributed by atoms with Crippen molar-refractivity contribution < 1.29 is 4.79 Å². The Balaban J connectivity index is 1.71. The Kier molecular flexibility index (Phi) is 5.72. The Labute approximate surface area is 165 Å². The zero-order valence-corrected chi connectivity index (χ0v) is 17.2. The van der Waals surface area contributed by atoms with Crippen molar-refractivity contribution in [2.24, 2.45) is 5.41 Å². The maximum Gasteiger partial charge on any atom is 0.252 e. The first-order chi connectivity index (χ1) is 13.2. The van der Waals surface area contributed by atoms with E-state index < -0.39 is 0 Å². The van der Waals surface area contributed by atoms with Crippen molar-refractivity contribution in [1.82, 2.24) is 29.9 Å². The molecule has 1 atom stereocenters. The van der Waals surface area contributed by atoms with Crippen LogP contribution in [0.15, 0.2) is 30.9 Å². The van der Waals surface area contributed by atoms with Crippen LogP contribution in [0.25, 0.3) is 5.78 Å².